The number of aromatic nitrogens is 1. The van der Waals surface area contributed by atoms with Gasteiger partial charge in [-0.3, -0.25) is 14.4 Å². The second kappa shape index (κ2) is 9.74. The maximum Gasteiger partial charge on any atom is 0.243 e. The second-order valence-electron chi connectivity index (χ2n) is 7.93. The van der Waals surface area contributed by atoms with Gasteiger partial charge in [-0.25, -0.2) is 0 Å². The van der Waals surface area contributed by atoms with Gasteiger partial charge in [0, 0.05) is 32.5 Å². The Labute approximate surface area is 180 Å². The van der Waals surface area contributed by atoms with Crippen molar-refractivity contribution in [2.45, 2.75) is 51.3 Å². The number of aliphatic hydroxyl groups is 1. The number of β-amino-alcohol motifs (C(OH)–C–C–N with tert-alkyl or cyclic N) is 1. The number of nitrogens with one attached hydrogen (secondary N) is 2. The van der Waals surface area contributed by atoms with Crippen LogP contribution in [0.15, 0.2) is 34.9 Å². The molecule has 0 bridgehead atoms. The number of benzene rings is 1. The van der Waals surface area contributed by atoms with E-state index in [1.54, 1.807) is 13.0 Å². The van der Waals surface area contributed by atoms with Crippen molar-refractivity contribution in [1.82, 2.24) is 20.7 Å². The maximum atomic E-state index is 13.0. The summed E-state index contributed by atoms with van der Waals surface area (Å²) in [5, 5.41) is 19.2. The summed E-state index contributed by atoms with van der Waals surface area (Å²) in [6.07, 6.45) is -0.448. The lowest BCUT2D eigenvalue weighted by Gasteiger charge is -2.26. The van der Waals surface area contributed by atoms with E-state index < -0.39 is 24.1 Å². The lowest BCUT2D eigenvalue weighted by atomic mass is 10.0. The summed E-state index contributed by atoms with van der Waals surface area (Å²) >= 11 is 0. The Morgan fingerprint density at radius 1 is 1.26 bits per heavy atom. The largest absolute Gasteiger partial charge is 0.391 e. The molecule has 0 radical (unpaired) electrons. The van der Waals surface area contributed by atoms with Crippen molar-refractivity contribution in [1.29, 1.82) is 0 Å². The maximum absolute atomic E-state index is 13.0. The molecule has 3 atom stereocenters. The molecule has 3 unspecified atom stereocenters. The summed E-state index contributed by atoms with van der Waals surface area (Å²) in [5.41, 5.74) is 2.66. The van der Waals surface area contributed by atoms with Crippen LogP contribution >= 0.6 is 0 Å². The molecule has 3 rings (SSSR count). The van der Waals surface area contributed by atoms with Crippen molar-refractivity contribution < 1.29 is 24.0 Å². The summed E-state index contributed by atoms with van der Waals surface area (Å²) in [4.78, 5) is 39.5. The molecular formula is C22H28N4O5. The number of nitrogens with zero attached hydrogens (tertiary/aromatic N) is 2. The zero-order chi connectivity index (χ0) is 22.5. The second-order valence-corrected chi connectivity index (χ2v) is 7.93. The molecule has 1 aromatic carbocycles. The van der Waals surface area contributed by atoms with Crippen LogP contribution < -0.4 is 10.6 Å². The summed E-state index contributed by atoms with van der Waals surface area (Å²) in [7, 11) is 1.51. The Balaban J connectivity index is 1.70. The molecule has 1 aliphatic rings. The third-order valence-electron chi connectivity index (χ3n) is 5.34. The van der Waals surface area contributed by atoms with E-state index in [1.165, 1.54) is 11.9 Å². The molecule has 0 aliphatic carbocycles. The van der Waals surface area contributed by atoms with E-state index >= 15 is 0 Å². The van der Waals surface area contributed by atoms with E-state index in [2.05, 4.69) is 15.8 Å². The number of amides is 3. The zero-order valence-corrected chi connectivity index (χ0v) is 17.9. The molecule has 0 saturated carbocycles. The molecule has 1 aliphatic heterocycles. The van der Waals surface area contributed by atoms with E-state index in [9.17, 15) is 19.5 Å². The van der Waals surface area contributed by atoms with Gasteiger partial charge >= 0.3 is 0 Å². The molecule has 3 amide bonds. The molecule has 1 fully saturated rings. The molecule has 0 spiro atoms. The summed E-state index contributed by atoms with van der Waals surface area (Å²) < 4.78 is 5.09. The smallest absolute Gasteiger partial charge is 0.243 e. The fourth-order valence-corrected chi connectivity index (χ4v) is 3.70. The minimum Gasteiger partial charge on any atom is -0.391 e. The molecular weight excluding hydrogens is 400 g/mol. The van der Waals surface area contributed by atoms with Crippen LogP contribution in [0.25, 0.3) is 0 Å². The quantitative estimate of drug-likeness (QED) is 0.581. The number of likely N-dealkylation sites (N-methyl/N-ethyl adjacent to an activating group) is 1. The highest BCUT2D eigenvalue weighted by Crippen LogP contribution is 2.20. The van der Waals surface area contributed by atoms with Crippen LogP contribution in [0.3, 0.4) is 0 Å². The molecule has 2 aromatic rings. The third kappa shape index (κ3) is 5.69. The van der Waals surface area contributed by atoms with E-state index in [0.717, 1.165) is 11.1 Å². The van der Waals surface area contributed by atoms with Gasteiger partial charge in [-0.15, -0.1) is 0 Å². The van der Waals surface area contributed by atoms with Crippen LogP contribution in [0.4, 0.5) is 0 Å². The van der Waals surface area contributed by atoms with Crippen molar-refractivity contribution in [2.24, 2.45) is 0 Å². The van der Waals surface area contributed by atoms with E-state index in [-0.39, 0.29) is 31.2 Å². The van der Waals surface area contributed by atoms with Gasteiger partial charge in [-0.2, -0.15) is 0 Å². The average molecular weight is 428 g/mol. The van der Waals surface area contributed by atoms with Crippen molar-refractivity contribution in [3.63, 3.8) is 0 Å². The normalized spacial score (nSPS) is 19.2. The Morgan fingerprint density at radius 3 is 2.58 bits per heavy atom. The number of carbonyl (C=O) groups is 3. The van der Waals surface area contributed by atoms with Gasteiger partial charge in [0.05, 0.1) is 18.2 Å². The molecule has 2 heterocycles. The predicted molar refractivity (Wildman–Crippen MR) is 112 cm³/mol. The number of rotatable bonds is 7. The van der Waals surface area contributed by atoms with Gasteiger partial charge < -0.3 is 25.2 Å². The third-order valence-corrected chi connectivity index (χ3v) is 5.34. The number of hydrogen-bond acceptors (Lipinski definition) is 6. The minimum atomic E-state index is -0.864. The Morgan fingerprint density at radius 2 is 1.97 bits per heavy atom. The van der Waals surface area contributed by atoms with Crippen molar-refractivity contribution >= 4 is 17.7 Å². The lowest BCUT2D eigenvalue weighted by Crippen LogP contribution is -2.53. The highest BCUT2D eigenvalue weighted by molar-refractivity contribution is 5.92. The van der Waals surface area contributed by atoms with E-state index in [0.29, 0.717) is 17.9 Å². The standard InChI is InChI=1S/C22H28N4O5/c1-13-4-6-15(7-5-13)9-18(21(29)23-3)24-22(30)19-10-16(27)12-26(19)20(28)11-17-8-14(2)25-31-17/h4-8,16,18-19,27H,9-12H2,1-3H3,(H,23,29)(H,24,30). The molecule has 31 heavy (non-hydrogen) atoms. The van der Waals surface area contributed by atoms with Gasteiger partial charge in [-0.1, -0.05) is 35.0 Å². The van der Waals surface area contributed by atoms with Crippen LogP contribution in [0, 0.1) is 13.8 Å². The first-order chi connectivity index (χ1) is 14.8. The highest BCUT2D eigenvalue weighted by atomic mass is 16.5. The first kappa shape index (κ1) is 22.5. The molecule has 9 nitrogen and oxygen atoms in total. The Kier molecular flexibility index (Phi) is 7.06. The molecule has 166 valence electrons. The highest BCUT2D eigenvalue weighted by Gasteiger charge is 2.40. The van der Waals surface area contributed by atoms with Crippen molar-refractivity contribution in [2.75, 3.05) is 13.6 Å². The van der Waals surface area contributed by atoms with Gasteiger partial charge in [0.1, 0.15) is 17.8 Å². The molecule has 1 aromatic heterocycles. The van der Waals surface area contributed by atoms with Crippen molar-refractivity contribution in [3.8, 4) is 0 Å². The fourth-order valence-electron chi connectivity index (χ4n) is 3.70. The number of aliphatic hydroxyl groups excluding tert-OH is 1. The average Bonchev–Trinajstić information content (AvgIpc) is 3.33. The van der Waals surface area contributed by atoms with Gasteiger partial charge in [-0.05, 0) is 19.4 Å². The number of aryl methyl sites for hydroxylation is 2. The summed E-state index contributed by atoms with van der Waals surface area (Å²) in [5.74, 6) is -0.754. The van der Waals surface area contributed by atoms with E-state index in [4.69, 9.17) is 4.52 Å². The first-order valence-electron chi connectivity index (χ1n) is 10.2. The molecule has 1 saturated heterocycles. The first-order valence-corrected chi connectivity index (χ1v) is 10.2. The lowest BCUT2D eigenvalue weighted by molar-refractivity contribution is -0.139. The van der Waals surface area contributed by atoms with Crippen LogP contribution in [-0.2, 0) is 27.2 Å². The van der Waals surface area contributed by atoms with Gasteiger partial charge in [0.25, 0.3) is 0 Å². The summed E-state index contributed by atoms with van der Waals surface area (Å²) in [6.45, 7) is 3.77. The van der Waals surface area contributed by atoms with Gasteiger partial charge in [0.2, 0.25) is 17.7 Å². The number of hydrogen-bond donors (Lipinski definition) is 3. The van der Waals surface area contributed by atoms with Crippen molar-refractivity contribution in [3.05, 3.63) is 52.9 Å². The Hall–Kier alpha value is -3.20. The SMILES string of the molecule is CNC(=O)C(Cc1ccc(C)cc1)NC(=O)C1CC(O)CN1C(=O)Cc1cc(C)no1. The predicted octanol–water partition coefficient (Wildman–Crippen LogP) is 0.269. The zero-order valence-electron chi connectivity index (χ0n) is 17.9. The molecule has 9 heteroatoms. The van der Waals surface area contributed by atoms with Crippen LogP contribution in [-0.4, -0.2) is 64.7 Å². The van der Waals surface area contributed by atoms with E-state index in [1.807, 2.05) is 31.2 Å². The number of likely N-dealkylation sites (tertiary alicyclic amines) is 1. The monoisotopic (exact) mass is 428 g/mol. The Bertz CT molecular complexity index is 940. The fraction of sp³-hybridized carbons (Fsp3) is 0.455. The van der Waals surface area contributed by atoms with Crippen LogP contribution in [0.1, 0.15) is 29.0 Å². The molecule has 3 N–H and O–H groups in total. The van der Waals surface area contributed by atoms with Gasteiger partial charge in [0.15, 0.2) is 0 Å². The minimum absolute atomic E-state index is 0.0483. The topological polar surface area (TPSA) is 125 Å². The van der Waals surface area contributed by atoms with Crippen LogP contribution in [0.2, 0.25) is 0 Å². The van der Waals surface area contributed by atoms with Crippen LogP contribution in [0.5, 0.6) is 0 Å². The number of carbonyl (C=O) groups excluding carboxylic acids is 3. The summed E-state index contributed by atoms with van der Waals surface area (Å²) in [6, 6.07) is 7.69.